The number of amides is 2. The van der Waals surface area contributed by atoms with Crippen LogP contribution in [0.4, 0.5) is 0 Å². The molecule has 0 radical (unpaired) electrons. The van der Waals surface area contributed by atoms with Crippen LogP contribution in [0.2, 0.25) is 0 Å². The van der Waals surface area contributed by atoms with Gasteiger partial charge >= 0.3 is 0 Å². The van der Waals surface area contributed by atoms with Crippen LogP contribution in [0, 0.1) is 0 Å². The number of ether oxygens (including phenoxy) is 1. The molecule has 3 aliphatic rings. The standard InChI is InChI=1S/C23H25N3O3/c1-24-11-13-25(14-12-24)22(28)20-18-9-5-6-10-19(18)21(27)26-15-16-29-23(20,26)17-7-3-2-4-8-17/h2-10,20H,11-16H2,1H3/t20-,23+/m1/s1. The highest BCUT2D eigenvalue weighted by Gasteiger charge is 2.60. The molecule has 150 valence electrons. The molecule has 0 bridgehead atoms. The molecule has 5 rings (SSSR count). The lowest BCUT2D eigenvalue weighted by molar-refractivity contribution is -0.153. The predicted octanol–water partition coefficient (Wildman–Crippen LogP) is 1.88. The van der Waals surface area contributed by atoms with Gasteiger partial charge in [0.1, 0.15) is 5.92 Å². The van der Waals surface area contributed by atoms with Gasteiger partial charge in [0.05, 0.1) is 6.61 Å². The van der Waals surface area contributed by atoms with Crippen molar-refractivity contribution in [3.05, 3.63) is 71.3 Å². The zero-order valence-corrected chi connectivity index (χ0v) is 16.6. The number of hydrogen-bond donors (Lipinski definition) is 0. The van der Waals surface area contributed by atoms with Gasteiger partial charge in [-0.1, -0.05) is 48.5 Å². The van der Waals surface area contributed by atoms with E-state index in [4.69, 9.17) is 4.74 Å². The molecule has 2 amide bonds. The summed E-state index contributed by atoms with van der Waals surface area (Å²) in [5, 5.41) is 0. The first-order chi connectivity index (χ1) is 14.1. The van der Waals surface area contributed by atoms with E-state index in [2.05, 4.69) is 11.9 Å². The van der Waals surface area contributed by atoms with Gasteiger partial charge in [0.2, 0.25) is 5.91 Å². The van der Waals surface area contributed by atoms with Gasteiger partial charge in [0.15, 0.2) is 5.72 Å². The number of likely N-dealkylation sites (N-methyl/N-ethyl adjacent to an activating group) is 1. The zero-order valence-electron chi connectivity index (χ0n) is 16.6. The molecule has 2 atom stereocenters. The number of carbonyl (C=O) groups is 2. The van der Waals surface area contributed by atoms with Gasteiger partial charge in [0, 0.05) is 43.9 Å². The number of hydrogen-bond acceptors (Lipinski definition) is 4. The number of nitrogens with zero attached hydrogens (tertiary/aromatic N) is 3. The quantitative estimate of drug-likeness (QED) is 0.785. The normalized spacial score (nSPS) is 26.9. The van der Waals surface area contributed by atoms with E-state index in [1.807, 2.05) is 59.5 Å². The summed E-state index contributed by atoms with van der Waals surface area (Å²) in [4.78, 5) is 33.2. The van der Waals surface area contributed by atoms with Crippen LogP contribution in [0.1, 0.15) is 27.4 Å². The van der Waals surface area contributed by atoms with Crippen molar-refractivity contribution in [2.75, 3.05) is 46.4 Å². The van der Waals surface area contributed by atoms with Crippen molar-refractivity contribution in [1.82, 2.24) is 14.7 Å². The topological polar surface area (TPSA) is 53.1 Å². The third kappa shape index (κ3) is 2.70. The average molecular weight is 391 g/mol. The van der Waals surface area contributed by atoms with Crippen molar-refractivity contribution in [1.29, 1.82) is 0 Å². The van der Waals surface area contributed by atoms with Crippen LogP contribution in [0.15, 0.2) is 54.6 Å². The summed E-state index contributed by atoms with van der Waals surface area (Å²) >= 11 is 0. The summed E-state index contributed by atoms with van der Waals surface area (Å²) in [7, 11) is 2.07. The van der Waals surface area contributed by atoms with Gasteiger partial charge in [-0.25, -0.2) is 0 Å². The second-order valence-corrected chi connectivity index (χ2v) is 8.02. The average Bonchev–Trinajstić information content (AvgIpc) is 3.21. The molecule has 2 aromatic carbocycles. The lowest BCUT2D eigenvalue weighted by atomic mass is 9.76. The summed E-state index contributed by atoms with van der Waals surface area (Å²) < 4.78 is 6.35. The highest BCUT2D eigenvalue weighted by atomic mass is 16.5. The lowest BCUT2D eigenvalue weighted by Gasteiger charge is -2.48. The summed E-state index contributed by atoms with van der Waals surface area (Å²) in [6, 6.07) is 17.2. The molecule has 2 fully saturated rings. The molecule has 2 saturated heterocycles. The molecular formula is C23H25N3O3. The minimum Gasteiger partial charge on any atom is -0.348 e. The van der Waals surface area contributed by atoms with E-state index < -0.39 is 11.6 Å². The van der Waals surface area contributed by atoms with Crippen molar-refractivity contribution in [2.45, 2.75) is 11.6 Å². The highest BCUT2D eigenvalue weighted by Crippen LogP contribution is 2.51. The number of piperazine rings is 1. The summed E-state index contributed by atoms with van der Waals surface area (Å²) in [5.41, 5.74) is 1.14. The monoisotopic (exact) mass is 391 g/mol. The van der Waals surface area contributed by atoms with E-state index in [1.54, 1.807) is 4.90 Å². The second kappa shape index (κ2) is 6.97. The Morgan fingerprint density at radius 3 is 2.41 bits per heavy atom. The van der Waals surface area contributed by atoms with Crippen LogP contribution >= 0.6 is 0 Å². The lowest BCUT2D eigenvalue weighted by Crippen LogP contribution is -2.59. The van der Waals surface area contributed by atoms with Crippen molar-refractivity contribution in [3.8, 4) is 0 Å². The number of rotatable bonds is 2. The van der Waals surface area contributed by atoms with Gasteiger partial charge in [0.25, 0.3) is 5.91 Å². The molecule has 6 nitrogen and oxygen atoms in total. The van der Waals surface area contributed by atoms with Crippen LogP contribution in [-0.2, 0) is 15.3 Å². The van der Waals surface area contributed by atoms with Crippen LogP contribution in [0.3, 0.4) is 0 Å². The minimum absolute atomic E-state index is 0.0359. The van der Waals surface area contributed by atoms with Gasteiger partial charge in [-0.05, 0) is 18.7 Å². The Morgan fingerprint density at radius 1 is 0.966 bits per heavy atom. The molecule has 0 aromatic heterocycles. The van der Waals surface area contributed by atoms with Crippen LogP contribution in [0.25, 0.3) is 0 Å². The smallest absolute Gasteiger partial charge is 0.256 e. The van der Waals surface area contributed by atoms with E-state index in [0.29, 0.717) is 31.8 Å². The minimum atomic E-state index is -1.09. The Kier molecular flexibility index (Phi) is 4.41. The van der Waals surface area contributed by atoms with Crippen molar-refractivity contribution in [2.24, 2.45) is 0 Å². The SMILES string of the molecule is CN1CCN(C(=O)[C@H]2c3ccccc3C(=O)N3CCO[C@@]23c2ccccc2)CC1. The number of benzene rings is 2. The van der Waals surface area contributed by atoms with E-state index >= 15 is 0 Å². The Balaban J connectivity index is 1.68. The fourth-order valence-corrected chi connectivity index (χ4v) is 4.92. The first kappa shape index (κ1) is 18.3. The van der Waals surface area contributed by atoms with Crippen LogP contribution in [-0.4, -0.2) is 72.9 Å². The molecule has 0 saturated carbocycles. The van der Waals surface area contributed by atoms with E-state index in [-0.39, 0.29) is 11.8 Å². The summed E-state index contributed by atoms with van der Waals surface area (Å²) in [5.74, 6) is -0.608. The Morgan fingerprint density at radius 2 is 1.66 bits per heavy atom. The summed E-state index contributed by atoms with van der Waals surface area (Å²) in [6.07, 6.45) is 0. The molecule has 0 N–H and O–H groups in total. The maximum atomic E-state index is 13.9. The van der Waals surface area contributed by atoms with Crippen molar-refractivity contribution >= 4 is 11.8 Å². The predicted molar refractivity (Wildman–Crippen MR) is 108 cm³/mol. The maximum Gasteiger partial charge on any atom is 0.256 e. The molecule has 0 unspecified atom stereocenters. The fourth-order valence-electron chi connectivity index (χ4n) is 4.92. The van der Waals surface area contributed by atoms with Gasteiger partial charge in [-0.3, -0.25) is 9.59 Å². The molecule has 3 aliphatic heterocycles. The first-order valence-electron chi connectivity index (χ1n) is 10.2. The molecule has 6 heteroatoms. The molecule has 29 heavy (non-hydrogen) atoms. The largest absolute Gasteiger partial charge is 0.348 e. The summed E-state index contributed by atoms with van der Waals surface area (Å²) in [6.45, 7) is 3.97. The van der Waals surface area contributed by atoms with Crippen LogP contribution in [0.5, 0.6) is 0 Å². The second-order valence-electron chi connectivity index (χ2n) is 8.02. The third-order valence-electron chi connectivity index (χ3n) is 6.43. The third-order valence-corrected chi connectivity index (χ3v) is 6.43. The van der Waals surface area contributed by atoms with Gasteiger partial charge < -0.3 is 19.4 Å². The fraction of sp³-hybridized carbons (Fsp3) is 0.391. The van der Waals surface area contributed by atoms with Gasteiger partial charge in [-0.15, -0.1) is 0 Å². The Labute approximate surface area is 170 Å². The van der Waals surface area contributed by atoms with Crippen molar-refractivity contribution < 1.29 is 14.3 Å². The van der Waals surface area contributed by atoms with E-state index in [1.165, 1.54) is 0 Å². The molecular weight excluding hydrogens is 366 g/mol. The highest BCUT2D eigenvalue weighted by molar-refractivity contribution is 6.02. The zero-order chi connectivity index (χ0) is 20.0. The molecule has 0 aliphatic carbocycles. The molecule has 3 heterocycles. The van der Waals surface area contributed by atoms with E-state index in [0.717, 1.165) is 24.2 Å². The Hall–Kier alpha value is -2.70. The van der Waals surface area contributed by atoms with E-state index in [9.17, 15) is 9.59 Å². The van der Waals surface area contributed by atoms with Gasteiger partial charge in [-0.2, -0.15) is 0 Å². The number of carbonyl (C=O) groups excluding carboxylic acids is 2. The Bertz CT molecular complexity index is 939. The maximum absolute atomic E-state index is 13.9. The van der Waals surface area contributed by atoms with Crippen LogP contribution < -0.4 is 0 Å². The first-order valence-corrected chi connectivity index (χ1v) is 10.2. The molecule has 0 spiro atoms. The van der Waals surface area contributed by atoms with Crippen molar-refractivity contribution in [3.63, 3.8) is 0 Å². The number of fused-ring (bicyclic) bond motifs is 2. The molecule has 2 aromatic rings.